The molecule has 2 N–H and O–H groups in total. The zero-order valence-electron chi connectivity index (χ0n) is 19.4. The summed E-state index contributed by atoms with van der Waals surface area (Å²) in [5, 5.41) is 7.29. The van der Waals surface area contributed by atoms with Gasteiger partial charge >= 0.3 is 11.8 Å². The van der Waals surface area contributed by atoms with E-state index in [0.29, 0.717) is 40.1 Å². The molecule has 0 fully saturated rings. The van der Waals surface area contributed by atoms with Gasteiger partial charge in [0.05, 0.1) is 12.8 Å². The van der Waals surface area contributed by atoms with Crippen LogP contribution in [0.4, 0.5) is 5.69 Å². The van der Waals surface area contributed by atoms with E-state index >= 15 is 0 Å². The van der Waals surface area contributed by atoms with E-state index in [1.165, 1.54) is 0 Å². The van der Waals surface area contributed by atoms with Crippen LogP contribution in [0.5, 0.6) is 11.5 Å². The van der Waals surface area contributed by atoms with Gasteiger partial charge in [-0.1, -0.05) is 29.8 Å². The number of carbonyl (C=O) groups is 2. The predicted molar refractivity (Wildman–Crippen MR) is 134 cm³/mol. The normalized spacial score (nSPS) is 11.0. The summed E-state index contributed by atoms with van der Waals surface area (Å²) in [6.45, 7) is 5.90. The van der Waals surface area contributed by atoms with Gasteiger partial charge in [0.2, 0.25) is 0 Å². The Morgan fingerprint density at radius 1 is 0.912 bits per heavy atom. The molecule has 0 aliphatic carbocycles. The molecule has 3 aromatic carbocycles. The molecule has 0 saturated heterocycles. The van der Waals surface area contributed by atoms with E-state index in [1.807, 2.05) is 32.0 Å². The van der Waals surface area contributed by atoms with Crippen LogP contribution < -0.4 is 20.2 Å². The number of nitrogens with zero attached hydrogens (tertiary/aromatic N) is 1. The van der Waals surface area contributed by atoms with Crippen LogP contribution in [0.3, 0.4) is 0 Å². The topological polar surface area (TPSA) is 89.0 Å². The SMILES string of the molecule is COc1cc(/C(C)=N/NC(=O)C(=O)Nc2cc(C)cc(C)c2)ccc1OCc1ccc(Cl)cc1. The number of hydrogen-bond acceptors (Lipinski definition) is 5. The number of methoxy groups -OCH3 is 1. The largest absolute Gasteiger partial charge is 0.493 e. The first-order chi connectivity index (χ1) is 16.2. The Balaban J connectivity index is 1.62. The molecule has 0 heterocycles. The van der Waals surface area contributed by atoms with E-state index in [9.17, 15) is 9.59 Å². The maximum Gasteiger partial charge on any atom is 0.329 e. The molecular weight excluding hydrogens is 454 g/mol. The standard InChI is InChI=1S/C26H26ClN3O4/c1-16-11-17(2)13-22(12-16)28-25(31)26(32)30-29-18(3)20-7-10-23(24(14-20)33-4)34-15-19-5-8-21(27)9-6-19/h5-14H,15H2,1-4H3,(H,28,31)(H,30,32)/b29-18+. The van der Waals surface area contributed by atoms with Gasteiger partial charge in [-0.3, -0.25) is 9.59 Å². The summed E-state index contributed by atoms with van der Waals surface area (Å²) in [4.78, 5) is 24.4. The van der Waals surface area contributed by atoms with Crippen molar-refractivity contribution in [1.82, 2.24) is 5.43 Å². The van der Waals surface area contributed by atoms with E-state index in [0.717, 1.165) is 16.7 Å². The molecule has 0 atom stereocenters. The second-order valence-electron chi connectivity index (χ2n) is 7.75. The van der Waals surface area contributed by atoms with Gasteiger partial charge in [0.1, 0.15) is 6.61 Å². The lowest BCUT2D eigenvalue weighted by molar-refractivity contribution is -0.136. The van der Waals surface area contributed by atoms with Crippen LogP contribution >= 0.6 is 11.6 Å². The summed E-state index contributed by atoms with van der Waals surface area (Å²) in [5.41, 5.74) is 6.97. The highest BCUT2D eigenvalue weighted by molar-refractivity contribution is 6.39. The molecule has 0 bridgehead atoms. The molecule has 0 unspecified atom stereocenters. The van der Waals surface area contributed by atoms with Gasteiger partial charge in [0.25, 0.3) is 0 Å². The average Bonchev–Trinajstić information content (AvgIpc) is 2.81. The maximum atomic E-state index is 12.2. The maximum absolute atomic E-state index is 12.2. The highest BCUT2D eigenvalue weighted by Crippen LogP contribution is 2.29. The number of ether oxygens (including phenoxy) is 2. The number of aryl methyl sites for hydroxylation is 2. The predicted octanol–water partition coefficient (Wildman–Crippen LogP) is 5.02. The fourth-order valence-electron chi connectivity index (χ4n) is 3.24. The van der Waals surface area contributed by atoms with Crippen LogP contribution in [0.1, 0.15) is 29.2 Å². The third-order valence-electron chi connectivity index (χ3n) is 4.90. The number of hydrogen-bond donors (Lipinski definition) is 2. The molecule has 3 rings (SSSR count). The van der Waals surface area contributed by atoms with Crippen molar-refractivity contribution >= 4 is 34.8 Å². The summed E-state index contributed by atoms with van der Waals surface area (Å²) < 4.78 is 11.3. The quantitative estimate of drug-likeness (QED) is 0.283. The number of rotatable bonds is 7. The molecule has 34 heavy (non-hydrogen) atoms. The van der Waals surface area contributed by atoms with Crippen molar-refractivity contribution in [3.63, 3.8) is 0 Å². The lowest BCUT2D eigenvalue weighted by Gasteiger charge is -2.12. The van der Waals surface area contributed by atoms with Crippen molar-refractivity contribution < 1.29 is 19.1 Å². The smallest absolute Gasteiger partial charge is 0.329 e. The van der Waals surface area contributed by atoms with Crippen molar-refractivity contribution in [2.24, 2.45) is 5.10 Å². The van der Waals surface area contributed by atoms with Crippen molar-refractivity contribution in [2.75, 3.05) is 12.4 Å². The minimum Gasteiger partial charge on any atom is -0.493 e. The minimum atomic E-state index is -0.867. The van der Waals surface area contributed by atoms with Crippen molar-refractivity contribution in [1.29, 1.82) is 0 Å². The van der Waals surface area contributed by atoms with Crippen molar-refractivity contribution in [3.8, 4) is 11.5 Å². The summed E-state index contributed by atoms with van der Waals surface area (Å²) >= 11 is 5.91. The van der Waals surface area contributed by atoms with E-state index in [2.05, 4.69) is 15.8 Å². The molecule has 0 spiro atoms. The summed E-state index contributed by atoms with van der Waals surface area (Å²) in [6.07, 6.45) is 0. The summed E-state index contributed by atoms with van der Waals surface area (Å²) in [5.74, 6) is -0.593. The number of halogens is 1. The van der Waals surface area contributed by atoms with Gasteiger partial charge in [-0.25, -0.2) is 5.43 Å². The number of anilines is 1. The molecule has 0 radical (unpaired) electrons. The molecule has 7 nitrogen and oxygen atoms in total. The number of amides is 2. The number of carbonyl (C=O) groups excluding carboxylic acids is 2. The summed E-state index contributed by atoms with van der Waals surface area (Å²) in [7, 11) is 1.54. The Kier molecular flexibility index (Phi) is 8.27. The Morgan fingerprint density at radius 2 is 1.59 bits per heavy atom. The number of hydrazone groups is 1. The van der Waals surface area contributed by atoms with Crippen LogP contribution in [0.2, 0.25) is 5.02 Å². The lowest BCUT2D eigenvalue weighted by Crippen LogP contribution is -2.33. The molecule has 8 heteroatoms. The number of nitrogens with one attached hydrogen (secondary N) is 2. The fraction of sp³-hybridized carbons (Fsp3) is 0.192. The zero-order valence-corrected chi connectivity index (χ0v) is 20.2. The van der Waals surface area contributed by atoms with Crippen molar-refractivity contribution in [3.05, 3.63) is 87.9 Å². The van der Waals surface area contributed by atoms with Crippen LogP contribution in [0, 0.1) is 13.8 Å². The van der Waals surface area contributed by atoms with Gasteiger partial charge in [-0.15, -0.1) is 0 Å². The molecule has 0 saturated carbocycles. The molecule has 0 aliphatic heterocycles. The minimum absolute atomic E-state index is 0.353. The molecule has 0 aliphatic rings. The lowest BCUT2D eigenvalue weighted by atomic mass is 10.1. The highest BCUT2D eigenvalue weighted by Gasteiger charge is 2.14. The first-order valence-electron chi connectivity index (χ1n) is 10.5. The Morgan fingerprint density at radius 3 is 2.24 bits per heavy atom. The monoisotopic (exact) mass is 479 g/mol. The fourth-order valence-corrected chi connectivity index (χ4v) is 3.36. The first kappa shape index (κ1) is 24.8. The van der Waals surface area contributed by atoms with E-state index in [1.54, 1.807) is 56.5 Å². The Hall–Kier alpha value is -3.84. The second-order valence-corrected chi connectivity index (χ2v) is 8.19. The summed E-state index contributed by atoms with van der Waals surface area (Å²) in [6, 6.07) is 18.2. The number of benzene rings is 3. The van der Waals surface area contributed by atoms with Crippen LogP contribution in [-0.4, -0.2) is 24.6 Å². The Labute approximate surface area is 203 Å². The highest BCUT2D eigenvalue weighted by atomic mass is 35.5. The molecular formula is C26H26ClN3O4. The van der Waals surface area contributed by atoms with E-state index < -0.39 is 11.8 Å². The average molecular weight is 480 g/mol. The van der Waals surface area contributed by atoms with Crippen LogP contribution in [-0.2, 0) is 16.2 Å². The second kappa shape index (κ2) is 11.3. The Bertz CT molecular complexity index is 1200. The molecule has 0 aromatic heterocycles. The van der Waals surface area contributed by atoms with Gasteiger partial charge in [0, 0.05) is 16.3 Å². The van der Waals surface area contributed by atoms with Gasteiger partial charge in [0.15, 0.2) is 11.5 Å². The van der Waals surface area contributed by atoms with Crippen LogP contribution in [0.25, 0.3) is 0 Å². The van der Waals surface area contributed by atoms with Gasteiger partial charge < -0.3 is 14.8 Å². The van der Waals surface area contributed by atoms with Gasteiger partial charge in [-0.05, 0) is 79.9 Å². The molecule has 176 valence electrons. The van der Waals surface area contributed by atoms with Gasteiger partial charge in [-0.2, -0.15) is 5.10 Å². The zero-order chi connectivity index (χ0) is 24.7. The van der Waals surface area contributed by atoms with Crippen LogP contribution in [0.15, 0.2) is 65.8 Å². The third kappa shape index (κ3) is 6.83. The van der Waals surface area contributed by atoms with E-state index in [4.69, 9.17) is 21.1 Å². The molecule has 2 amide bonds. The molecule has 3 aromatic rings. The van der Waals surface area contributed by atoms with E-state index in [-0.39, 0.29) is 0 Å². The van der Waals surface area contributed by atoms with Crippen molar-refractivity contribution in [2.45, 2.75) is 27.4 Å². The third-order valence-corrected chi connectivity index (χ3v) is 5.15. The first-order valence-corrected chi connectivity index (χ1v) is 10.9.